The minimum absolute atomic E-state index is 0.216. The molecule has 0 bridgehead atoms. The lowest BCUT2D eigenvalue weighted by atomic mass is 10.0. The van der Waals surface area contributed by atoms with Gasteiger partial charge in [-0.2, -0.15) is 13.2 Å². The highest BCUT2D eigenvalue weighted by atomic mass is 19.4. The molecule has 0 unspecified atom stereocenters. The van der Waals surface area contributed by atoms with Crippen molar-refractivity contribution in [3.63, 3.8) is 0 Å². The van der Waals surface area contributed by atoms with Gasteiger partial charge < -0.3 is 10.1 Å². The summed E-state index contributed by atoms with van der Waals surface area (Å²) in [6.07, 6.45) is -2.07. The van der Waals surface area contributed by atoms with Gasteiger partial charge in [0.2, 0.25) is 0 Å². The quantitative estimate of drug-likeness (QED) is 0.801. The number of likely N-dealkylation sites (N-methyl/N-ethyl adjacent to an activating group) is 1. The summed E-state index contributed by atoms with van der Waals surface area (Å²) >= 11 is 0. The third-order valence-corrected chi connectivity index (χ3v) is 3.02. The number of rotatable bonds is 8. The number of aryl methyl sites for hydroxylation is 2. The molecule has 0 saturated carbocycles. The van der Waals surface area contributed by atoms with Gasteiger partial charge in [0.25, 0.3) is 0 Å². The van der Waals surface area contributed by atoms with Crippen LogP contribution in [-0.4, -0.2) is 36.3 Å². The number of aromatic nitrogens is 2. The first kappa shape index (κ1) is 17.8. The predicted molar refractivity (Wildman–Crippen MR) is 74.1 cm³/mol. The largest absolute Gasteiger partial charge is 0.411 e. The van der Waals surface area contributed by atoms with E-state index in [1.807, 2.05) is 20.9 Å². The van der Waals surface area contributed by atoms with Crippen LogP contribution in [0, 0.1) is 0 Å². The summed E-state index contributed by atoms with van der Waals surface area (Å²) in [5.74, 6) is 0.321. The molecule has 4 nitrogen and oxygen atoms in total. The van der Waals surface area contributed by atoms with Crippen molar-refractivity contribution in [2.75, 3.05) is 20.2 Å². The van der Waals surface area contributed by atoms with Gasteiger partial charge >= 0.3 is 6.18 Å². The molecule has 21 heavy (non-hydrogen) atoms. The third-order valence-electron chi connectivity index (χ3n) is 3.02. The van der Waals surface area contributed by atoms with Gasteiger partial charge in [0.15, 0.2) is 5.82 Å². The lowest BCUT2D eigenvalue weighted by molar-refractivity contribution is -0.177. The van der Waals surface area contributed by atoms with Crippen LogP contribution < -0.4 is 5.32 Å². The molecular weight excluding hydrogens is 283 g/mol. The van der Waals surface area contributed by atoms with Crippen LogP contribution in [-0.2, 0) is 30.6 Å². The molecule has 0 amide bonds. The Hall–Kier alpha value is -1.21. The van der Waals surface area contributed by atoms with E-state index in [2.05, 4.69) is 20.0 Å². The Bertz CT molecular complexity index is 425. The van der Waals surface area contributed by atoms with E-state index in [0.29, 0.717) is 5.82 Å². The van der Waals surface area contributed by atoms with Crippen LogP contribution in [0.4, 0.5) is 13.2 Å². The predicted octanol–water partition coefficient (Wildman–Crippen LogP) is 2.44. The molecule has 1 N–H and O–H groups in total. The zero-order valence-corrected chi connectivity index (χ0v) is 12.7. The molecule has 0 spiro atoms. The standard InChI is InChI=1S/C14H22F3N3O/c1-4-11-10(6-7-18-3)12(5-2)20-13(19-11)8-21-9-14(15,16)17/h18H,4-9H2,1-3H3. The molecule has 1 aromatic rings. The minimum atomic E-state index is -4.33. The van der Waals surface area contributed by atoms with Crippen molar-refractivity contribution in [2.45, 2.75) is 45.9 Å². The second-order valence-electron chi connectivity index (χ2n) is 4.68. The highest BCUT2D eigenvalue weighted by Gasteiger charge is 2.27. The average Bonchev–Trinajstić information content (AvgIpc) is 2.43. The van der Waals surface area contributed by atoms with E-state index in [-0.39, 0.29) is 6.61 Å². The van der Waals surface area contributed by atoms with Gasteiger partial charge in [-0.1, -0.05) is 13.8 Å². The molecule has 0 saturated heterocycles. The number of hydrogen-bond acceptors (Lipinski definition) is 4. The molecule has 0 aliphatic rings. The molecule has 0 aliphatic carbocycles. The van der Waals surface area contributed by atoms with Crippen LogP contribution in [0.2, 0.25) is 0 Å². The number of alkyl halides is 3. The summed E-state index contributed by atoms with van der Waals surface area (Å²) in [6, 6.07) is 0. The van der Waals surface area contributed by atoms with E-state index in [1.54, 1.807) is 0 Å². The van der Waals surface area contributed by atoms with E-state index in [4.69, 9.17) is 0 Å². The van der Waals surface area contributed by atoms with Gasteiger partial charge in [0.05, 0.1) is 0 Å². The fraction of sp³-hybridized carbons (Fsp3) is 0.714. The van der Waals surface area contributed by atoms with Crippen molar-refractivity contribution in [3.8, 4) is 0 Å². The van der Waals surface area contributed by atoms with Crippen molar-refractivity contribution < 1.29 is 17.9 Å². The molecule has 0 atom stereocenters. The van der Waals surface area contributed by atoms with Crippen LogP contribution in [0.5, 0.6) is 0 Å². The SMILES string of the molecule is CCc1nc(COCC(F)(F)F)nc(CC)c1CCNC. The van der Waals surface area contributed by atoms with E-state index in [1.165, 1.54) is 0 Å². The van der Waals surface area contributed by atoms with Crippen LogP contribution >= 0.6 is 0 Å². The van der Waals surface area contributed by atoms with Crippen LogP contribution in [0.15, 0.2) is 0 Å². The zero-order valence-electron chi connectivity index (χ0n) is 12.7. The Morgan fingerprint density at radius 2 is 1.67 bits per heavy atom. The summed E-state index contributed by atoms with van der Waals surface area (Å²) in [4.78, 5) is 8.68. The number of hydrogen-bond donors (Lipinski definition) is 1. The summed E-state index contributed by atoms with van der Waals surface area (Å²) in [7, 11) is 1.87. The van der Waals surface area contributed by atoms with Crippen molar-refractivity contribution in [1.29, 1.82) is 0 Å². The first-order valence-corrected chi connectivity index (χ1v) is 7.07. The smallest absolute Gasteiger partial charge is 0.364 e. The van der Waals surface area contributed by atoms with Crippen molar-refractivity contribution in [3.05, 3.63) is 22.8 Å². The number of nitrogens with zero attached hydrogens (tertiary/aromatic N) is 2. The van der Waals surface area contributed by atoms with Crippen LogP contribution in [0.25, 0.3) is 0 Å². The van der Waals surface area contributed by atoms with Gasteiger partial charge in [-0.05, 0) is 38.4 Å². The zero-order chi connectivity index (χ0) is 15.9. The maximum atomic E-state index is 12.1. The van der Waals surface area contributed by atoms with E-state index >= 15 is 0 Å². The Balaban J connectivity index is 2.87. The third kappa shape index (κ3) is 5.97. The molecule has 0 aliphatic heterocycles. The van der Waals surface area contributed by atoms with Gasteiger partial charge in [-0.25, -0.2) is 9.97 Å². The van der Waals surface area contributed by atoms with Crippen molar-refractivity contribution in [1.82, 2.24) is 15.3 Å². The first-order valence-electron chi connectivity index (χ1n) is 7.07. The fourth-order valence-corrected chi connectivity index (χ4v) is 2.08. The lowest BCUT2D eigenvalue weighted by Crippen LogP contribution is -2.19. The molecular formula is C14H22F3N3O. The topological polar surface area (TPSA) is 47.0 Å². The Morgan fingerprint density at radius 3 is 2.10 bits per heavy atom. The minimum Gasteiger partial charge on any atom is -0.364 e. The summed E-state index contributed by atoms with van der Waals surface area (Å²) < 4.78 is 40.9. The fourth-order valence-electron chi connectivity index (χ4n) is 2.08. The molecule has 0 fully saturated rings. The van der Waals surface area contributed by atoms with Gasteiger partial charge in [0, 0.05) is 11.4 Å². The Kier molecular flexibility index (Phi) is 7.04. The highest BCUT2D eigenvalue weighted by Crippen LogP contribution is 2.17. The van der Waals surface area contributed by atoms with Crippen molar-refractivity contribution >= 4 is 0 Å². The van der Waals surface area contributed by atoms with Crippen molar-refractivity contribution in [2.24, 2.45) is 0 Å². The average molecular weight is 305 g/mol. The molecule has 120 valence electrons. The summed E-state index contributed by atoms with van der Waals surface area (Å²) in [6.45, 7) is 3.27. The van der Waals surface area contributed by atoms with Gasteiger partial charge in [0.1, 0.15) is 13.2 Å². The van der Waals surface area contributed by atoms with Crippen LogP contribution in [0.1, 0.15) is 36.6 Å². The first-order chi connectivity index (χ1) is 9.91. The number of halogens is 3. The molecule has 1 aromatic heterocycles. The second kappa shape index (κ2) is 8.29. The summed E-state index contributed by atoms with van der Waals surface area (Å²) in [5.41, 5.74) is 2.87. The van der Waals surface area contributed by atoms with E-state index in [0.717, 1.165) is 42.8 Å². The van der Waals surface area contributed by atoms with E-state index in [9.17, 15) is 13.2 Å². The molecule has 1 heterocycles. The molecule has 0 radical (unpaired) electrons. The Labute approximate surface area is 123 Å². The highest BCUT2D eigenvalue weighted by molar-refractivity contribution is 5.27. The number of nitrogens with one attached hydrogen (secondary N) is 1. The molecule has 1 rings (SSSR count). The van der Waals surface area contributed by atoms with E-state index < -0.39 is 12.8 Å². The molecule has 7 heteroatoms. The van der Waals surface area contributed by atoms with Gasteiger partial charge in [-0.15, -0.1) is 0 Å². The summed E-state index contributed by atoms with van der Waals surface area (Å²) in [5, 5.41) is 3.08. The van der Waals surface area contributed by atoms with Gasteiger partial charge in [-0.3, -0.25) is 0 Å². The maximum Gasteiger partial charge on any atom is 0.411 e. The monoisotopic (exact) mass is 305 g/mol. The Morgan fingerprint density at radius 1 is 1.10 bits per heavy atom. The van der Waals surface area contributed by atoms with Crippen LogP contribution in [0.3, 0.4) is 0 Å². The second-order valence-corrected chi connectivity index (χ2v) is 4.68. The maximum absolute atomic E-state index is 12.1. The number of ether oxygens (including phenoxy) is 1. The normalized spacial score (nSPS) is 11.9. The lowest BCUT2D eigenvalue weighted by Gasteiger charge is -2.14. The molecule has 0 aromatic carbocycles.